The van der Waals surface area contributed by atoms with Gasteiger partial charge in [-0.05, 0) is 50.5 Å². The van der Waals surface area contributed by atoms with Crippen LogP contribution in [-0.4, -0.2) is 25.3 Å². The highest BCUT2D eigenvalue weighted by Crippen LogP contribution is 2.31. The molecule has 0 amide bonds. The Bertz CT molecular complexity index is 189. The zero-order valence-corrected chi connectivity index (χ0v) is 10.2. The monoisotopic (exact) mass is 211 g/mol. The van der Waals surface area contributed by atoms with Crippen LogP contribution in [0.1, 0.15) is 46.0 Å². The van der Waals surface area contributed by atoms with Gasteiger partial charge in [0, 0.05) is 6.54 Å². The number of hydrogen-bond acceptors (Lipinski definition) is 2. The van der Waals surface area contributed by atoms with Crippen LogP contribution in [-0.2, 0) is 4.74 Å². The molecule has 4 atom stereocenters. The predicted octanol–water partition coefficient (Wildman–Crippen LogP) is 2.58. The summed E-state index contributed by atoms with van der Waals surface area (Å²) in [5, 5.41) is 3.42. The van der Waals surface area contributed by atoms with Gasteiger partial charge in [-0.25, -0.2) is 0 Å². The van der Waals surface area contributed by atoms with Gasteiger partial charge in [0.15, 0.2) is 0 Å². The van der Waals surface area contributed by atoms with Crippen molar-refractivity contribution in [2.75, 3.05) is 13.1 Å². The minimum absolute atomic E-state index is 0.490. The zero-order chi connectivity index (χ0) is 10.7. The molecule has 0 aromatic rings. The Kier molecular flexibility index (Phi) is 4.04. The quantitative estimate of drug-likeness (QED) is 0.758. The second-order valence-corrected chi connectivity index (χ2v) is 5.49. The van der Waals surface area contributed by atoms with Gasteiger partial charge in [-0.3, -0.25) is 0 Å². The molecule has 1 heterocycles. The molecule has 2 fully saturated rings. The lowest BCUT2D eigenvalue weighted by atomic mass is 9.80. The summed E-state index contributed by atoms with van der Waals surface area (Å²) in [6, 6.07) is 0. The largest absolute Gasteiger partial charge is 0.374 e. The Morgan fingerprint density at radius 3 is 2.53 bits per heavy atom. The van der Waals surface area contributed by atoms with E-state index in [1.165, 1.54) is 38.6 Å². The number of rotatable bonds is 2. The maximum absolute atomic E-state index is 6.19. The number of ether oxygens (including phenoxy) is 1. The molecule has 1 saturated heterocycles. The molecule has 2 nitrogen and oxygen atoms in total. The van der Waals surface area contributed by atoms with E-state index in [0.717, 1.165) is 18.4 Å². The lowest BCUT2D eigenvalue weighted by molar-refractivity contribution is -0.0546. The Labute approximate surface area is 93.8 Å². The first kappa shape index (κ1) is 11.4. The van der Waals surface area contributed by atoms with Crippen molar-refractivity contribution in [3.8, 4) is 0 Å². The Hall–Kier alpha value is -0.0800. The zero-order valence-electron chi connectivity index (χ0n) is 10.2. The van der Waals surface area contributed by atoms with E-state index in [1.807, 2.05) is 0 Å². The summed E-state index contributed by atoms with van der Waals surface area (Å²) in [6.45, 7) is 7.00. The van der Waals surface area contributed by atoms with Gasteiger partial charge in [0.1, 0.15) is 0 Å². The smallest absolute Gasteiger partial charge is 0.0703 e. The average Bonchev–Trinajstić information content (AvgIpc) is 2.25. The molecule has 1 N–H and O–H groups in total. The van der Waals surface area contributed by atoms with Crippen LogP contribution in [0.25, 0.3) is 0 Å². The third-order valence-corrected chi connectivity index (χ3v) is 4.19. The number of nitrogens with one attached hydrogen (secondary N) is 1. The van der Waals surface area contributed by atoms with Crippen molar-refractivity contribution < 1.29 is 4.74 Å². The number of piperidine rings is 1. The molecule has 0 radical (unpaired) electrons. The van der Waals surface area contributed by atoms with Crippen molar-refractivity contribution in [2.24, 2.45) is 11.8 Å². The summed E-state index contributed by atoms with van der Waals surface area (Å²) < 4.78 is 6.19. The molecule has 1 saturated carbocycles. The van der Waals surface area contributed by atoms with Crippen LogP contribution in [0.2, 0.25) is 0 Å². The highest BCUT2D eigenvalue weighted by atomic mass is 16.5. The summed E-state index contributed by atoms with van der Waals surface area (Å²) >= 11 is 0. The maximum Gasteiger partial charge on any atom is 0.0703 e. The molecular weight excluding hydrogens is 186 g/mol. The lowest BCUT2D eigenvalue weighted by Gasteiger charge is -2.35. The van der Waals surface area contributed by atoms with Gasteiger partial charge in [0.2, 0.25) is 0 Å². The van der Waals surface area contributed by atoms with Crippen LogP contribution in [0, 0.1) is 11.8 Å². The molecule has 0 spiro atoms. The molecule has 2 heteroatoms. The van der Waals surface area contributed by atoms with Crippen LogP contribution < -0.4 is 5.32 Å². The van der Waals surface area contributed by atoms with E-state index < -0.39 is 0 Å². The summed E-state index contributed by atoms with van der Waals surface area (Å²) in [7, 11) is 0. The van der Waals surface area contributed by atoms with Gasteiger partial charge in [0.25, 0.3) is 0 Å². The Morgan fingerprint density at radius 2 is 1.87 bits per heavy atom. The average molecular weight is 211 g/mol. The van der Waals surface area contributed by atoms with Gasteiger partial charge in [0.05, 0.1) is 12.2 Å². The molecule has 1 aliphatic heterocycles. The first-order valence-electron chi connectivity index (χ1n) is 6.62. The minimum Gasteiger partial charge on any atom is -0.374 e. The van der Waals surface area contributed by atoms with E-state index >= 15 is 0 Å². The standard InChI is InChI=1S/C13H25NO/c1-10-5-6-12(8-11(10)2)15-13-4-3-7-14-9-13/h10-14H,3-9H2,1-2H3/t10?,11?,12?,13-/m0/s1. The van der Waals surface area contributed by atoms with Crippen LogP contribution in [0.5, 0.6) is 0 Å². The van der Waals surface area contributed by atoms with Crippen molar-refractivity contribution in [3.05, 3.63) is 0 Å². The highest BCUT2D eigenvalue weighted by molar-refractivity contribution is 4.78. The second kappa shape index (κ2) is 5.31. The van der Waals surface area contributed by atoms with E-state index in [-0.39, 0.29) is 0 Å². The van der Waals surface area contributed by atoms with Gasteiger partial charge >= 0.3 is 0 Å². The van der Waals surface area contributed by atoms with E-state index in [4.69, 9.17) is 4.74 Å². The molecule has 88 valence electrons. The number of hydrogen-bond donors (Lipinski definition) is 1. The van der Waals surface area contributed by atoms with Crippen molar-refractivity contribution in [3.63, 3.8) is 0 Å². The van der Waals surface area contributed by atoms with Crippen LogP contribution in [0.3, 0.4) is 0 Å². The van der Waals surface area contributed by atoms with E-state index in [0.29, 0.717) is 12.2 Å². The molecular formula is C13H25NO. The lowest BCUT2D eigenvalue weighted by Crippen LogP contribution is -2.39. The summed E-state index contributed by atoms with van der Waals surface area (Å²) in [4.78, 5) is 0. The fraction of sp³-hybridized carbons (Fsp3) is 1.00. The normalized spacial score (nSPS) is 42.8. The van der Waals surface area contributed by atoms with Gasteiger partial charge < -0.3 is 10.1 Å². The molecule has 1 aliphatic carbocycles. The summed E-state index contributed by atoms with van der Waals surface area (Å²) in [6.07, 6.45) is 7.48. The Morgan fingerprint density at radius 1 is 1.00 bits per heavy atom. The first-order chi connectivity index (χ1) is 7.25. The van der Waals surface area contributed by atoms with E-state index in [2.05, 4.69) is 19.2 Å². The van der Waals surface area contributed by atoms with Gasteiger partial charge in [-0.1, -0.05) is 13.8 Å². The summed E-state index contributed by atoms with van der Waals surface area (Å²) in [5.41, 5.74) is 0. The third-order valence-electron chi connectivity index (χ3n) is 4.19. The van der Waals surface area contributed by atoms with E-state index in [1.54, 1.807) is 0 Å². The molecule has 2 rings (SSSR count). The highest BCUT2D eigenvalue weighted by Gasteiger charge is 2.27. The second-order valence-electron chi connectivity index (χ2n) is 5.49. The van der Waals surface area contributed by atoms with E-state index in [9.17, 15) is 0 Å². The van der Waals surface area contributed by atoms with Crippen LogP contribution >= 0.6 is 0 Å². The van der Waals surface area contributed by atoms with Crippen molar-refractivity contribution in [1.82, 2.24) is 5.32 Å². The molecule has 0 aromatic carbocycles. The molecule has 2 aliphatic rings. The maximum atomic E-state index is 6.19. The predicted molar refractivity (Wildman–Crippen MR) is 62.9 cm³/mol. The molecule has 15 heavy (non-hydrogen) atoms. The van der Waals surface area contributed by atoms with Crippen molar-refractivity contribution >= 4 is 0 Å². The Balaban J connectivity index is 1.74. The van der Waals surface area contributed by atoms with Crippen molar-refractivity contribution in [1.29, 1.82) is 0 Å². The van der Waals surface area contributed by atoms with Crippen LogP contribution in [0.15, 0.2) is 0 Å². The molecule has 0 aromatic heterocycles. The van der Waals surface area contributed by atoms with Gasteiger partial charge in [-0.2, -0.15) is 0 Å². The summed E-state index contributed by atoms with van der Waals surface area (Å²) in [5.74, 6) is 1.75. The molecule has 3 unspecified atom stereocenters. The van der Waals surface area contributed by atoms with Crippen molar-refractivity contribution in [2.45, 2.75) is 58.2 Å². The molecule has 0 bridgehead atoms. The SMILES string of the molecule is CC1CCC(O[C@H]2CCCNC2)CC1C. The van der Waals surface area contributed by atoms with Gasteiger partial charge in [-0.15, -0.1) is 0 Å². The van der Waals surface area contributed by atoms with Crippen LogP contribution in [0.4, 0.5) is 0 Å². The fourth-order valence-electron chi connectivity index (χ4n) is 2.83. The minimum atomic E-state index is 0.490. The topological polar surface area (TPSA) is 21.3 Å². The third kappa shape index (κ3) is 3.18. The first-order valence-corrected chi connectivity index (χ1v) is 6.62. The fourth-order valence-corrected chi connectivity index (χ4v) is 2.83.